The standard InChI is InChI=1S/C16H34N4O/c1-13-8-7-9-20(11-13)14(2)10-18-15(17-5)19-12-16(3,4)21-6/h13-14H,7-12H2,1-6H3,(H2,17,18,19). The van der Waals surface area contributed by atoms with Crippen LogP contribution >= 0.6 is 0 Å². The highest BCUT2D eigenvalue weighted by Gasteiger charge is 2.21. The first-order valence-corrected chi connectivity index (χ1v) is 8.11. The Labute approximate surface area is 130 Å². The van der Waals surface area contributed by atoms with Crippen molar-refractivity contribution in [2.45, 2.75) is 52.2 Å². The molecule has 5 heteroatoms. The molecular formula is C16H34N4O. The Morgan fingerprint density at radius 1 is 1.43 bits per heavy atom. The molecule has 1 aliphatic rings. The molecule has 21 heavy (non-hydrogen) atoms. The van der Waals surface area contributed by atoms with Gasteiger partial charge in [0.2, 0.25) is 0 Å². The fraction of sp³-hybridized carbons (Fsp3) is 0.938. The van der Waals surface area contributed by atoms with Gasteiger partial charge in [0.05, 0.1) is 5.60 Å². The summed E-state index contributed by atoms with van der Waals surface area (Å²) in [5, 5.41) is 6.74. The number of piperidine rings is 1. The summed E-state index contributed by atoms with van der Waals surface area (Å²) >= 11 is 0. The second kappa shape index (κ2) is 8.59. The Hall–Kier alpha value is -0.810. The average Bonchev–Trinajstić information content (AvgIpc) is 2.47. The Bertz CT molecular complexity index is 330. The number of likely N-dealkylation sites (tertiary alicyclic amines) is 1. The normalized spacial score (nSPS) is 23.0. The summed E-state index contributed by atoms with van der Waals surface area (Å²) in [7, 11) is 3.54. The molecule has 0 radical (unpaired) electrons. The number of guanidine groups is 1. The van der Waals surface area contributed by atoms with Gasteiger partial charge in [0.1, 0.15) is 0 Å². The average molecular weight is 298 g/mol. The summed E-state index contributed by atoms with van der Waals surface area (Å²) in [6, 6.07) is 0.529. The number of rotatable bonds is 6. The van der Waals surface area contributed by atoms with Crippen molar-refractivity contribution in [3.05, 3.63) is 0 Å². The second-order valence-electron chi connectivity index (χ2n) is 6.86. The van der Waals surface area contributed by atoms with Gasteiger partial charge in [-0.2, -0.15) is 0 Å². The van der Waals surface area contributed by atoms with E-state index in [1.165, 1.54) is 25.9 Å². The van der Waals surface area contributed by atoms with Crippen LogP contribution in [0.1, 0.15) is 40.5 Å². The van der Waals surface area contributed by atoms with Crippen LogP contribution in [0, 0.1) is 5.92 Å². The zero-order chi connectivity index (χ0) is 15.9. The fourth-order valence-electron chi connectivity index (χ4n) is 2.59. The minimum atomic E-state index is -0.189. The Morgan fingerprint density at radius 2 is 2.14 bits per heavy atom. The number of hydrogen-bond donors (Lipinski definition) is 2. The molecule has 0 aromatic heterocycles. The molecule has 0 spiro atoms. The molecule has 2 atom stereocenters. The maximum Gasteiger partial charge on any atom is 0.191 e. The minimum absolute atomic E-state index is 0.189. The quantitative estimate of drug-likeness (QED) is 0.579. The van der Waals surface area contributed by atoms with Gasteiger partial charge < -0.3 is 15.4 Å². The molecule has 1 rings (SSSR count). The lowest BCUT2D eigenvalue weighted by Gasteiger charge is -2.36. The lowest BCUT2D eigenvalue weighted by molar-refractivity contribution is 0.0268. The number of nitrogens with zero attached hydrogens (tertiary/aromatic N) is 2. The van der Waals surface area contributed by atoms with Crippen LogP contribution in [0.25, 0.3) is 0 Å². The third-order valence-electron chi connectivity index (χ3n) is 4.33. The summed E-state index contributed by atoms with van der Waals surface area (Å²) in [6.07, 6.45) is 2.69. The number of hydrogen-bond acceptors (Lipinski definition) is 3. The van der Waals surface area contributed by atoms with E-state index < -0.39 is 0 Å². The maximum absolute atomic E-state index is 5.41. The van der Waals surface area contributed by atoms with Crippen LogP contribution in [0.2, 0.25) is 0 Å². The van der Waals surface area contributed by atoms with Crippen molar-refractivity contribution in [2.75, 3.05) is 40.3 Å². The zero-order valence-electron chi connectivity index (χ0n) is 14.7. The van der Waals surface area contributed by atoms with Crippen molar-refractivity contribution >= 4 is 5.96 Å². The molecule has 1 fully saturated rings. The first-order chi connectivity index (χ1) is 9.88. The minimum Gasteiger partial charge on any atom is -0.377 e. The van der Waals surface area contributed by atoms with Crippen molar-refractivity contribution in [1.29, 1.82) is 0 Å². The lowest BCUT2D eigenvalue weighted by atomic mass is 9.99. The Kier molecular flexibility index (Phi) is 7.46. The summed E-state index contributed by atoms with van der Waals surface area (Å²) in [5.74, 6) is 1.66. The van der Waals surface area contributed by atoms with E-state index in [-0.39, 0.29) is 5.60 Å². The first kappa shape index (κ1) is 18.2. The molecule has 0 saturated carbocycles. The van der Waals surface area contributed by atoms with Crippen molar-refractivity contribution in [2.24, 2.45) is 10.9 Å². The molecule has 5 nitrogen and oxygen atoms in total. The van der Waals surface area contributed by atoms with Gasteiger partial charge in [-0.15, -0.1) is 0 Å². The van der Waals surface area contributed by atoms with E-state index >= 15 is 0 Å². The van der Waals surface area contributed by atoms with Crippen molar-refractivity contribution < 1.29 is 4.74 Å². The van der Waals surface area contributed by atoms with Gasteiger partial charge in [0.25, 0.3) is 0 Å². The highest BCUT2D eigenvalue weighted by atomic mass is 16.5. The zero-order valence-corrected chi connectivity index (χ0v) is 14.7. The third-order valence-corrected chi connectivity index (χ3v) is 4.33. The summed E-state index contributed by atoms with van der Waals surface area (Å²) in [6.45, 7) is 12.8. The predicted molar refractivity (Wildman–Crippen MR) is 89.9 cm³/mol. The van der Waals surface area contributed by atoms with Gasteiger partial charge in [-0.25, -0.2) is 0 Å². The molecule has 0 aliphatic carbocycles. The number of aliphatic imine (C=N–C) groups is 1. The van der Waals surface area contributed by atoms with Crippen LogP contribution in [0.5, 0.6) is 0 Å². The van der Waals surface area contributed by atoms with Crippen LogP contribution in [0.3, 0.4) is 0 Å². The lowest BCUT2D eigenvalue weighted by Crippen LogP contribution is -2.50. The largest absolute Gasteiger partial charge is 0.377 e. The van der Waals surface area contributed by atoms with E-state index in [4.69, 9.17) is 4.74 Å². The van der Waals surface area contributed by atoms with Crippen LogP contribution in [-0.4, -0.2) is 62.8 Å². The molecule has 0 aromatic rings. The monoisotopic (exact) mass is 298 g/mol. The molecule has 1 saturated heterocycles. The van der Waals surface area contributed by atoms with Crippen molar-refractivity contribution in [3.8, 4) is 0 Å². The molecule has 2 unspecified atom stereocenters. The molecule has 0 amide bonds. The van der Waals surface area contributed by atoms with E-state index in [2.05, 4.69) is 48.2 Å². The smallest absolute Gasteiger partial charge is 0.191 e. The number of ether oxygens (including phenoxy) is 1. The van der Waals surface area contributed by atoms with Crippen molar-refractivity contribution in [1.82, 2.24) is 15.5 Å². The Morgan fingerprint density at radius 3 is 2.71 bits per heavy atom. The molecule has 1 aliphatic heterocycles. The van der Waals surface area contributed by atoms with Crippen LogP contribution in [0.4, 0.5) is 0 Å². The highest BCUT2D eigenvalue weighted by molar-refractivity contribution is 5.79. The van der Waals surface area contributed by atoms with E-state index in [0.29, 0.717) is 6.04 Å². The van der Waals surface area contributed by atoms with Crippen LogP contribution < -0.4 is 10.6 Å². The summed E-state index contributed by atoms with van der Waals surface area (Å²) in [5.41, 5.74) is -0.189. The molecule has 0 bridgehead atoms. The van der Waals surface area contributed by atoms with Gasteiger partial charge in [0.15, 0.2) is 5.96 Å². The van der Waals surface area contributed by atoms with Gasteiger partial charge in [0, 0.05) is 39.8 Å². The maximum atomic E-state index is 5.41. The molecule has 124 valence electrons. The van der Waals surface area contributed by atoms with Crippen molar-refractivity contribution in [3.63, 3.8) is 0 Å². The third kappa shape index (κ3) is 6.66. The number of nitrogens with one attached hydrogen (secondary N) is 2. The van der Waals surface area contributed by atoms with Crippen LogP contribution in [-0.2, 0) is 4.74 Å². The SMILES string of the molecule is CN=C(NCC(C)N1CCCC(C)C1)NCC(C)(C)OC. The molecule has 0 aromatic carbocycles. The van der Waals surface area contributed by atoms with E-state index in [1.54, 1.807) is 7.11 Å². The summed E-state index contributed by atoms with van der Waals surface area (Å²) < 4.78 is 5.41. The molecular weight excluding hydrogens is 264 g/mol. The van der Waals surface area contributed by atoms with Gasteiger partial charge >= 0.3 is 0 Å². The fourth-order valence-corrected chi connectivity index (χ4v) is 2.59. The van der Waals surface area contributed by atoms with E-state index in [0.717, 1.165) is 25.0 Å². The van der Waals surface area contributed by atoms with Gasteiger partial charge in [-0.1, -0.05) is 6.92 Å². The summed E-state index contributed by atoms with van der Waals surface area (Å²) in [4.78, 5) is 6.85. The molecule has 1 heterocycles. The van der Waals surface area contributed by atoms with E-state index in [9.17, 15) is 0 Å². The number of methoxy groups -OCH3 is 1. The van der Waals surface area contributed by atoms with Gasteiger partial charge in [-0.3, -0.25) is 9.89 Å². The highest BCUT2D eigenvalue weighted by Crippen LogP contribution is 2.17. The van der Waals surface area contributed by atoms with E-state index in [1.807, 2.05) is 7.05 Å². The van der Waals surface area contributed by atoms with Gasteiger partial charge in [-0.05, 0) is 46.1 Å². The topological polar surface area (TPSA) is 48.9 Å². The van der Waals surface area contributed by atoms with Crippen LogP contribution in [0.15, 0.2) is 4.99 Å². The second-order valence-corrected chi connectivity index (χ2v) is 6.86. The first-order valence-electron chi connectivity index (χ1n) is 8.11. The predicted octanol–water partition coefficient (Wildman–Crippen LogP) is 1.70. The Balaban J connectivity index is 2.34. The molecule has 2 N–H and O–H groups in total.